The fourth-order valence-electron chi connectivity index (χ4n) is 3.28. The second-order valence-corrected chi connectivity index (χ2v) is 8.76. The van der Waals surface area contributed by atoms with Gasteiger partial charge in [0.15, 0.2) is 17.7 Å². The Kier molecular flexibility index (Phi) is 6.08. The van der Waals surface area contributed by atoms with Crippen molar-refractivity contribution >= 4 is 50.5 Å². The number of carbonyl (C=O) groups is 1. The minimum Gasteiger partial charge on any atom is -0.398 e. The first-order valence-corrected chi connectivity index (χ1v) is 11.1. The summed E-state index contributed by atoms with van der Waals surface area (Å²) in [7, 11) is -4.65. The summed E-state index contributed by atoms with van der Waals surface area (Å²) in [4.78, 5) is 24.2. The lowest BCUT2D eigenvalue weighted by molar-refractivity contribution is -0.0468. The molecule has 0 saturated carbocycles. The Balaban J connectivity index is 1.45. The third-order valence-electron chi connectivity index (χ3n) is 4.88. The van der Waals surface area contributed by atoms with Crippen molar-refractivity contribution in [1.82, 2.24) is 24.2 Å². The van der Waals surface area contributed by atoms with E-state index in [-0.39, 0.29) is 33.3 Å². The second kappa shape index (κ2) is 8.69. The molecule has 0 radical (unpaired) electrons. The van der Waals surface area contributed by atoms with Crippen molar-refractivity contribution in [3.8, 4) is 0 Å². The van der Waals surface area contributed by atoms with Crippen LogP contribution in [0.15, 0.2) is 30.9 Å². The summed E-state index contributed by atoms with van der Waals surface area (Å²) in [6.45, 7) is -0.723. The molecule has 3 aromatic rings. The van der Waals surface area contributed by atoms with Gasteiger partial charge in [-0.25, -0.2) is 19.7 Å². The molecule has 0 aliphatic carbocycles. The van der Waals surface area contributed by atoms with E-state index in [4.69, 9.17) is 32.0 Å². The normalized spacial score (nSPS) is 23.1. The molecule has 3 heterocycles. The van der Waals surface area contributed by atoms with Crippen LogP contribution in [-0.4, -0.2) is 69.0 Å². The number of ether oxygens (including phenoxy) is 1. The molecule has 1 saturated heterocycles. The Labute approximate surface area is 191 Å². The number of rotatable bonds is 6. The maximum Gasteiger partial charge on any atom is 0.362 e. The van der Waals surface area contributed by atoms with Crippen molar-refractivity contribution in [2.24, 2.45) is 0 Å². The van der Waals surface area contributed by atoms with Gasteiger partial charge in [-0.3, -0.25) is 13.5 Å². The Morgan fingerprint density at radius 2 is 2.00 bits per heavy atom. The fraction of sp³-hybridized carbons (Fsp3) is 0.294. The number of nitrogens with one attached hydrogen (secondary N) is 1. The predicted octanol–water partition coefficient (Wildman–Crippen LogP) is -1.05. The highest BCUT2D eigenvalue weighted by molar-refractivity contribution is 7.85. The van der Waals surface area contributed by atoms with Crippen LogP contribution in [0.25, 0.3) is 11.2 Å². The number of benzene rings is 1. The molecule has 0 spiro atoms. The van der Waals surface area contributed by atoms with Gasteiger partial charge in [0, 0.05) is 5.69 Å². The number of hydrogen-bond donors (Lipinski definition) is 5. The zero-order valence-corrected chi connectivity index (χ0v) is 18.1. The number of imidazole rings is 1. The Morgan fingerprint density at radius 1 is 1.24 bits per heavy atom. The molecule has 1 amide bonds. The molecule has 4 rings (SSSR count). The third-order valence-corrected chi connectivity index (χ3v) is 6.07. The molecule has 1 fully saturated rings. The minimum atomic E-state index is -4.65. The van der Waals surface area contributed by atoms with Crippen molar-refractivity contribution in [2.45, 2.75) is 24.5 Å². The van der Waals surface area contributed by atoms with Crippen LogP contribution in [-0.2, 0) is 19.2 Å². The summed E-state index contributed by atoms with van der Waals surface area (Å²) in [5.41, 5.74) is 11.6. The zero-order valence-electron chi connectivity index (χ0n) is 16.6. The van der Waals surface area contributed by atoms with Crippen LogP contribution in [0, 0.1) is 0 Å². The Morgan fingerprint density at radius 3 is 2.73 bits per heavy atom. The molecule has 2 aromatic heterocycles. The number of nitrogens with two attached hydrogens (primary N) is 2. The van der Waals surface area contributed by atoms with E-state index in [0.717, 1.165) is 0 Å². The summed E-state index contributed by atoms with van der Waals surface area (Å²) in [6.07, 6.45) is -2.99. The lowest BCUT2D eigenvalue weighted by Gasteiger charge is -2.16. The van der Waals surface area contributed by atoms with Gasteiger partial charge < -0.3 is 26.4 Å². The van der Waals surface area contributed by atoms with Gasteiger partial charge in [0.2, 0.25) is 0 Å². The van der Waals surface area contributed by atoms with E-state index >= 15 is 0 Å². The van der Waals surface area contributed by atoms with Gasteiger partial charge in [-0.1, -0.05) is 17.7 Å². The standard InChI is InChI=1S/C17H18ClN7O7S/c18-7-2-1-3-8(19)10(7)16(28)24-33(29,30)31-4-9-12(26)13(27)17(32-9)25-6-23-11-14(20)21-5-22-15(11)25/h1-3,5-6,9,12-13,17,26-27H,4,19H2,(H,24,28)(H2,20,21,22)/t9-,12-,13-,17-/m1/s1. The van der Waals surface area contributed by atoms with Crippen molar-refractivity contribution < 1.29 is 32.3 Å². The van der Waals surface area contributed by atoms with E-state index in [2.05, 4.69) is 15.0 Å². The summed E-state index contributed by atoms with van der Waals surface area (Å²) >= 11 is 5.90. The van der Waals surface area contributed by atoms with Gasteiger partial charge in [0.25, 0.3) is 5.91 Å². The van der Waals surface area contributed by atoms with E-state index < -0.39 is 47.4 Å². The topological polar surface area (TPSA) is 218 Å². The maximum atomic E-state index is 12.3. The number of halogens is 1. The Hall–Kier alpha value is -3.08. The monoisotopic (exact) mass is 499 g/mol. The van der Waals surface area contributed by atoms with Gasteiger partial charge >= 0.3 is 10.3 Å². The average Bonchev–Trinajstić information content (AvgIpc) is 3.29. The van der Waals surface area contributed by atoms with Gasteiger partial charge in [-0.15, -0.1) is 0 Å². The number of hydrogen-bond acceptors (Lipinski definition) is 12. The highest BCUT2D eigenvalue weighted by Gasteiger charge is 2.45. The van der Waals surface area contributed by atoms with Crippen LogP contribution >= 0.6 is 11.6 Å². The first-order valence-electron chi connectivity index (χ1n) is 9.29. The molecule has 1 aromatic carbocycles. The zero-order chi connectivity index (χ0) is 23.9. The molecule has 1 aliphatic heterocycles. The van der Waals surface area contributed by atoms with Crippen LogP contribution in [0.4, 0.5) is 11.5 Å². The third kappa shape index (κ3) is 4.41. The minimum absolute atomic E-state index is 0.0345. The van der Waals surface area contributed by atoms with Gasteiger partial charge in [0.1, 0.15) is 30.2 Å². The van der Waals surface area contributed by atoms with Crippen molar-refractivity contribution in [2.75, 3.05) is 18.1 Å². The summed E-state index contributed by atoms with van der Waals surface area (Å²) in [5.74, 6) is -1.00. The second-order valence-electron chi connectivity index (χ2n) is 7.00. The van der Waals surface area contributed by atoms with E-state index in [1.54, 1.807) is 4.72 Å². The van der Waals surface area contributed by atoms with Crippen LogP contribution in [0.3, 0.4) is 0 Å². The van der Waals surface area contributed by atoms with Gasteiger partial charge in [-0.2, -0.15) is 8.42 Å². The number of fused-ring (bicyclic) bond motifs is 1. The van der Waals surface area contributed by atoms with E-state index in [1.807, 2.05) is 0 Å². The highest BCUT2D eigenvalue weighted by Crippen LogP contribution is 2.32. The molecule has 7 N–H and O–H groups in total. The number of nitrogen functional groups attached to an aromatic ring is 2. The fourth-order valence-corrected chi connectivity index (χ4v) is 4.25. The van der Waals surface area contributed by atoms with Crippen molar-refractivity contribution in [1.29, 1.82) is 0 Å². The molecular weight excluding hydrogens is 482 g/mol. The first-order chi connectivity index (χ1) is 15.6. The van der Waals surface area contributed by atoms with E-state index in [1.165, 1.54) is 35.4 Å². The molecular formula is C17H18ClN7O7S. The summed E-state index contributed by atoms with van der Waals surface area (Å²) in [6, 6.07) is 4.23. The van der Waals surface area contributed by atoms with Crippen molar-refractivity contribution in [3.63, 3.8) is 0 Å². The number of carbonyl (C=O) groups excluding carboxylic acids is 1. The molecule has 176 valence electrons. The Bertz CT molecular complexity index is 1300. The number of aromatic nitrogens is 4. The van der Waals surface area contributed by atoms with Gasteiger partial charge in [-0.05, 0) is 12.1 Å². The maximum absolute atomic E-state index is 12.3. The number of anilines is 2. The molecule has 1 aliphatic rings. The molecule has 0 unspecified atom stereocenters. The molecule has 33 heavy (non-hydrogen) atoms. The molecule has 4 atom stereocenters. The van der Waals surface area contributed by atoms with Crippen LogP contribution in [0.2, 0.25) is 5.02 Å². The number of nitrogens with zero attached hydrogens (tertiary/aromatic N) is 4. The molecule has 16 heteroatoms. The van der Waals surface area contributed by atoms with E-state index in [9.17, 15) is 23.4 Å². The predicted molar refractivity (Wildman–Crippen MR) is 114 cm³/mol. The highest BCUT2D eigenvalue weighted by atomic mass is 35.5. The number of aliphatic hydroxyl groups is 2. The smallest absolute Gasteiger partial charge is 0.362 e. The first kappa shape index (κ1) is 23.1. The van der Waals surface area contributed by atoms with Crippen molar-refractivity contribution in [3.05, 3.63) is 41.4 Å². The molecule has 14 nitrogen and oxygen atoms in total. The lowest BCUT2D eigenvalue weighted by atomic mass is 10.1. The van der Waals surface area contributed by atoms with Crippen LogP contribution in [0.1, 0.15) is 16.6 Å². The van der Waals surface area contributed by atoms with Gasteiger partial charge in [0.05, 0.1) is 23.5 Å². The SMILES string of the molecule is Nc1cccc(Cl)c1C(=O)NS(=O)(=O)OC[C@H]1O[C@@H](n2cnc3c(N)ncnc32)[C@H](O)[C@@H]1O. The number of amides is 1. The van der Waals surface area contributed by atoms with Crippen LogP contribution in [0.5, 0.6) is 0 Å². The average molecular weight is 500 g/mol. The summed E-state index contributed by atoms with van der Waals surface area (Å²) in [5, 5.41) is 20.7. The lowest BCUT2D eigenvalue weighted by Crippen LogP contribution is -2.38. The van der Waals surface area contributed by atoms with Crippen LogP contribution < -0.4 is 16.2 Å². The molecule has 0 bridgehead atoms. The van der Waals surface area contributed by atoms with E-state index in [0.29, 0.717) is 0 Å². The quantitative estimate of drug-likeness (QED) is 0.257. The number of aliphatic hydroxyl groups excluding tert-OH is 2. The largest absolute Gasteiger partial charge is 0.398 e. The summed E-state index contributed by atoms with van der Waals surface area (Å²) < 4.78 is 37.8.